The zero-order valence-electron chi connectivity index (χ0n) is 19.8. The number of benzene rings is 2. The lowest BCUT2D eigenvalue weighted by molar-refractivity contribution is -0.903. The Morgan fingerprint density at radius 2 is 1.62 bits per heavy atom. The van der Waals surface area contributed by atoms with E-state index >= 15 is 0 Å². The molecule has 174 valence electrons. The first-order chi connectivity index (χ1) is 15.2. The molecule has 0 atom stereocenters. The third-order valence-corrected chi connectivity index (χ3v) is 5.24. The summed E-state index contributed by atoms with van der Waals surface area (Å²) in [5.41, 5.74) is 1.98. The molecular formula is C25H34NO6+. The highest BCUT2D eigenvalue weighted by atomic mass is 16.7. The summed E-state index contributed by atoms with van der Waals surface area (Å²) in [5.74, 6) is -0.0102. The number of quaternary nitrogens is 1. The Kier molecular flexibility index (Phi) is 9.38. The molecule has 2 aromatic carbocycles. The Bertz CT molecular complexity index is 903. The third kappa shape index (κ3) is 7.44. The van der Waals surface area contributed by atoms with Crippen LogP contribution in [0.25, 0.3) is 0 Å². The number of nitrogens with zero attached hydrogens (tertiary/aromatic N) is 1. The molecule has 0 saturated carbocycles. The minimum Gasteiger partial charge on any atom is -0.497 e. The number of esters is 1. The molecule has 2 aromatic rings. The number of rotatable bonds is 12. The summed E-state index contributed by atoms with van der Waals surface area (Å²) in [5, 5.41) is 0. The summed E-state index contributed by atoms with van der Waals surface area (Å²) in [6, 6.07) is 12.4. The van der Waals surface area contributed by atoms with Crippen LogP contribution < -0.4 is 9.47 Å². The molecule has 0 aliphatic carbocycles. The molecule has 0 aromatic heterocycles. The maximum Gasteiger partial charge on any atom is 0.308 e. The van der Waals surface area contributed by atoms with E-state index in [1.165, 1.54) is 14.0 Å². The maximum absolute atomic E-state index is 13.0. The second-order valence-electron chi connectivity index (χ2n) is 8.34. The molecule has 0 radical (unpaired) electrons. The van der Waals surface area contributed by atoms with Crippen LogP contribution in [0.15, 0.2) is 42.5 Å². The lowest BCUT2D eigenvalue weighted by atomic mass is 10.0. The van der Waals surface area contributed by atoms with Gasteiger partial charge in [0.15, 0.2) is 12.1 Å². The van der Waals surface area contributed by atoms with Crippen molar-refractivity contribution in [2.24, 2.45) is 0 Å². The topological polar surface area (TPSA) is 71.1 Å². The number of carbonyl (C=O) groups excluding carboxylic acids is 2. The highest BCUT2D eigenvalue weighted by Crippen LogP contribution is 2.27. The first kappa shape index (κ1) is 25.5. The van der Waals surface area contributed by atoms with Gasteiger partial charge >= 0.3 is 5.97 Å². The van der Waals surface area contributed by atoms with Crippen molar-refractivity contribution in [3.63, 3.8) is 0 Å². The van der Waals surface area contributed by atoms with Crippen molar-refractivity contribution in [3.8, 4) is 11.5 Å². The van der Waals surface area contributed by atoms with Crippen molar-refractivity contribution in [2.75, 3.05) is 42.0 Å². The van der Waals surface area contributed by atoms with Crippen LogP contribution >= 0.6 is 0 Å². The van der Waals surface area contributed by atoms with Crippen molar-refractivity contribution in [3.05, 3.63) is 59.2 Å². The standard InChI is InChI=1S/C25H34NO6/c1-18(27)32-23-16-21(29-4)13-14-22(23)25(28)20-11-9-19(10-12-20)17-26(2,3)15-7-8-24(30-5)31-6/h9-14,16,24H,7-8,15,17H2,1-6H3/q+1. The van der Waals surface area contributed by atoms with Gasteiger partial charge in [0.1, 0.15) is 18.0 Å². The van der Waals surface area contributed by atoms with Crippen LogP contribution in [0.2, 0.25) is 0 Å². The third-order valence-electron chi connectivity index (χ3n) is 5.24. The molecule has 0 unspecified atom stereocenters. The lowest BCUT2D eigenvalue weighted by Gasteiger charge is -2.30. The van der Waals surface area contributed by atoms with Crippen molar-refractivity contribution in [1.29, 1.82) is 0 Å². The van der Waals surface area contributed by atoms with Crippen LogP contribution in [0.1, 0.15) is 41.3 Å². The van der Waals surface area contributed by atoms with Crippen LogP contribution in [0, 0.1) is 0 Å². The Morgan fingerprint density at radius 3 is 2.19 bits per heavy atom. The first-order valence-electron chi connectivity index (χ1n) is 10.6. The monoisotopic (exact) mass is 444 g/mol. The van der Waals surface area contributed by atoms with E-state index in [9.17, 15) is 9.59 Å². The van der Waals surface area contributed by atoms with Crippen molar-refractivity contribution < 1.29 is 33.0 Å². The predicted octanol–water partition coefficient (Wildman–Crippen LogP) is 3.83. The van der Waals surface area contributed by atoms with Gasteiger partial charge in [-0.1, -0.05) is 24.3 Å². The zero-order valence-corrected chi connectivity index (χ0v) is 19.8. The van der Waals surface area contributed by atoms with Gasteiger partial charge in [-0.15, -0.1) is 0 Å². The van der Waals surface area contributed by atoms with Gasteiger partial charge in [-0.3, -0.25) is 9.59 Å². The molecule has 32 heavy (non-hydrogen) atoms. The Labute approximate surface area is 190 Å². The van der Waals surface area contributed by atoms with Gasteiger partial charge in [-0.05, 0) is 12.1 Å². The number of carbonyl (C=O) groups is 2. The molecule has 0 spiro atoms. The van der Waals surface area contributed by atoms with E-state index in [1.54, 1.807) is 32.4 Å². The van der Waals surface area contributed by atoms with Gasteiger partial charge in [0.25, 0.3) is 0 Å². The largest absolute Gasteiger partial charge is 0.497 e. The summed E-state index contributed by atoms with van der Waals surface area (Å²) in [4.78, 5) is 24.5. The van der Waals surface area contributed by atoms with Gasteiger partial charge in [0.05, 0.1) is 33.3 Å². The summed E-state index contributed by atoms with van der Waals surface area (Å²) < 4.78 is 21.7. The minimum atomic E-state index is -0.495. The molecule has 0 aliphatic heterocycles. The number of hydrogen-bond acceptors (Lipinski definition) is 6. The summed E-state index contributed by atoms with van der Waals surface area (Å²) in [7, 11) is 9.17. The molecule has 0 saturated heterocycles. The van der Waals surface area contributed by atoms with E-state index in [1.807, 2.05) is 24.3 Å². The molecule has 0 N–H and O–H groups in total. The van der Waals surface area contributed by atoms with Crippen molar-refractivity contribution >= 4 is 11.8 Å². The van der Waals surface area contributed by atoms with E-state index in [-0.39, 0.29) is 17.8 Å². The zero-order chi connectivity index (χ0) is 23.7. The van der Waals surface area contributed by atoms with Gasteiger partial charge < -0.3 is 23.4 Å². The van der Waals surface area contributed by atoms with Crippen molar-refractivity contribution in [2.45, 2.75) is 32.6 Å². The predicted molar refractivity (Wildman–Crippen MR) is 122 cm³/mol. The summed E-state index contributed by atoms with van der Waals surface area (Å²) in [6.45, 7) is 3.11. The normalized spacial score (nSPS) is 11.5. The molecule has 7 nitrogen and oxygen atoms in total. The fourth-order valence-corrected chi connectivity index (χ4v) is 3.56. The highest BCUT2D eigenvalue weighted by molar-refractivity contribution is 6.11. The van der Waals surface area contributed by atoms with Gasteiger partial charge in [0.2, 0.25) is 0 Å². The van der Waals surface area contributed by atoms with E-state index < -0.39 is 5.97 Å². The number of ketones is 1. The van der Waals surface area contributed by atoms with Gasteiger partial charge in [-0.2, -0.15) is 0 Å². The van der Waals surface area contributed by atoms with Crippen LogP contribution in [0.4, 0.5) is 0 Å². The SMILES string of the molecule is COc1ccc(C(=O)c2ccc(C[N+](C)(C)CCCC(OC)OC)cc2)c(OC(C)=O)c1. The summed E-state index contributed by atoms with van der Waals surface area (Å²) >= 11 is 0. The fourth-order valence-electron chi connectivity index (χ4n) is 3.56. The van der Waals surface area contributed by atoms with E-state index in [0.717, 1.165) is 36.0 Å². The molecule has 0 fully saturated rings. The van der Waals surface area contributed by atoms with Crippen LogP contribution in [0.5, 0.6) is 11.5 Å². The highest BCUT2D eigenvalue weighted by Gasteiger charge is 2.20. The average molecular weight is 445 g/mol. The second-order valence-corrected chi connectivity index (χ2v) is 8.34. The molecular weight excluding hydrogens is 410 g/mol. The number of ether oxygens (including phenoxy) is 4. The first-order valence-corrected chi connectivity index (χ1v) is 10.6. The van der Waals surface area contributed by atoms with Gasteiger partial charge in [0, 0.05) is 51.2 Å². The number of methoxy groups -OCH3 is 3. The van der Waals surface area contributed by atoms with E-state index in [2.05, 4.69) is 14.1 Å². The smallest absolute Gasteiger partial charge is 0.308 e. The maximum atomic E-state index is 13.0. The van der Waals surface area contributed by atoms with Gasteiger partial charge in [-0.25, -0.2) is 0 Å². The lowest BCUT2D eigenvalue weighted by Crippen LogP contribution is -2.39. The molecule has 0 aliphatic rings. The Morgan fingerprint density at radius 1 is 0.969 bits per heavy atom. The minimum absolute atomic E-state index is 0.171. The fraction of sp³-hybridized carbons (Fsp3) is 0.440. The molecule has 0 bridgehead atoms. The quantitative estimate of drug-likeness (QED) is 0.163. The van der Waals surface area contributed by atoms with Crippen LogP contribution in [-0.4, -0.2) is 64.5 Å². The van der Waals surface area contributed by atoms with Crippen LogP contribution in [-0.2, 0) is 20.8 Å². The molecule has 0 amide bonds. The van der Waals surface area contributed by atoms with E-state index in [4.69, 9.17) is 18.9 Å². The van der Waals surface area contributed by atoms with Crippen molar-refractivity contribution in [1.82, 2.24) is 0 Å². The van der Waals surface area contributed by atoms with E-state index in [0.29, 0.717) is 16.9 Å². The Balaban J connectivity index is 2.09. The Hall–Kier alpha value is -2.74. The second kappa shape index (κ2) is 11.8. The summed E-state index contributed by atoms with van der Waals surface area (Å²) in [6.07, 6.45) is 1.65. The van der Waals surface area contributed by atoms with Crippen LogP contribution in [0.3, 0.4) is 0 Å². The number of hydrogen-bond donors (Lipinski definition) is 0. The molecule has 0 heterocycles. The molecule has 2 rings (SSSR count). The average Bonchev–Trinajstić information content (AvgIpc) is 2.76. The molecule has 7 heteroatoms.